The molecule has 4 heteroatoms. The van der Waals surface area contributed by atoms with E-state index in [0.29, 0.717) is 0 Å². The molecule has 1 N–H and O–H groups in total. The van der Waals surface area contributed by atoms with Gasteiger partial charge in [0, 0.05) is 11.1 Å². The molecule has 4 rings (SSSR count). The SMILES string of the molecule is CC1(C)Cc2c(cnn2-c2ccccc2)C(NC(=O)C2=CCCCC2)C1. The van der Waals surface area contributed by atoms with Gasteiger partial charge in [0.1, 0.15) is 0 Å². The first-order valence-corrected chi connectivity index (χ1v) is 9.66. The smallest absolute Gasteiger partial charge is 0.247 e. The van der Waals surface area contributed by atoms with Crippen LogP contribution >= 0.6 is 0 Å². The fourth-order valence-corrected chi connectivity index (χ4v) is 4.26. The van der Waals surface area contributed by atoms with Gasteiger partial charge in [-0.1, -0.05) is 38.1 Å². The molecule has 1 heterocycles. The van der Waals surface area contributed by atoms with E-state index in [1.165, 1.54) is 12.1 Å². The van der Waals surface area contributed by atoms with Crippen molar-refractivity contribution < 1.29 is 4.79 Å². The third-order valence-electron chi connectivity index (χ3n) is 5.57. The summed E-state index contributed by atoms with van der Waals surface area (Å²) in [5, 5.41) is 7.96. The highest BCUT2D eigenvalue weighted by Gasteiger charge is 2.36. The van der Waals surface area contributed by atoms with Crippen molar-refractivity contribution in [2.45, 2.75) is 58.4 Å². The fraction of sp³-hybridized carbons (Fsp3) is 0.455. The minimum atomic E-state index is 0.0292. The van der Waals surface area contributed by atoms with Gasteiger partial charge in [-0.05, 0) is 56.1 Å². The number of carbonyl (C=O) groups is 1. The molecule has 0 fully saturated rings. The number of aromatic nitrogens is 2. The Bertz CT molecular complexity index is 832. The van der Waals surface area contributed by atoms with Gasteiger partial charge >= 0.3 is 0 Å². The predicted molar refractivity (Wildman–Crippen MR) is 103 cm³/mol. The molecule has 0 radical (unpaired) electrons. The fourth-order valence-electron chi connectivity index (χ4n) is 4.26. The Labute approximate surface area is 155 Å². The van der Waals surface area contributed by atoms with Gasteiger partial charge in [0.05, 0.1) is 23.6 Å². The van der Waals surface area contributed by atoms with Crippen LogP contribution in [-0.4, -0.2) is 15.7 Å². The molecular formula is C22H27N3O. The van der Waals surface area contributed by atoms with Crippen molar-refractivity contribution in [3.8, 4) is 5.69 Å². The van der Waals surface area contributed by atoms with Crippen molar-refractivity contribution >= 4 is 5.91 Å². The highest BCUT2D eigenvalue weighted by Crippen LogP contribution is 2.41. The lowest BCUT2D eigenvalue weighted by Gasteiger charge is -2.36. The number of carbonyl (C=O) groups excluding carboxylic acids is 1. The Morgan fingerprint density at radius 3 is 2.77 bits per heavy atom. The van der Waals surface area contributed by atoms with Crippen molar-refractivity contribution in [1.29, 1.82) is 0 Å². The topological polar surface area (TPSA) is 46.9 Å². The molecule has 0 saturated heterocycles. The molecule has 26 heavy (non-hydrogen) atoms. The minimum Gasteiger partial charge on any atom is -0.345 e. The van der Waals surface area contributed by atoms with Crippen molar-refractivity contribution in [1.82, 2.24) is 15.1 Å². The maximum absolute atomic E-state index is 12.8. The van der Waals surface area contributed by atoms with E-state index in [1.54, 1.807) is 0 Å². The predicted octanol–water partition coefficient (Wildman–Crippen LogP) is 4.50. The number of hydrogen-bond acceptors (Lipinski definition) is 2. The monoisotopic (exact) mass is 349 g/mol. The average molecular weight is 349 g/mol. The minimum absolute atomic E-state index is 0.0292. The molecule has 1 amide bonds. The molecule has 1 unspecified atom stereocenters. The molecule has 1 aromatic heterocycles. The summed E-state index contributed by atoms with van der Waals surface area (Å²) in [5.41, 5.74) is 4.54. The van der Waals surface area contributed by atoms with Gasteiger partial charge in [0.15, 0.2) is 0 Å². The molecule has 1 atom stereocenters. The number of nitrogens with one attached hydrogen (secondary N) is 1. The van der Waals surface area contributed by atoms with Gasteiger partial charge in [-0.25, -0.2) is 4.68 Å². The normalized spacial score (nSPS) is 21.6. The van der Waals surface area contributed by atoms with Crippen LogP contribution in [0.1, 0.15) is 63.3 Å². The Kier molecular flexibility index (Phi) is 4.43. The summed E-state index contributed by atoms with van der Waals surface area (Å²) < 4.78 is 2.04. The first kappa shape index (κ1) is 17.1. The van der Waals surface area contributed by atoms with Gasteiger partial charge in [0.2, 0.25) is 5.91 Å². The van der Waals surface area contributed by atoms with Crippen LogP contribution in [0.4, 0.5) is 0 Å². The molecule has 2 aliphatic rings. The summed E-state index contributed by atoms with van der Waals surface area (Å²) in [6.45, 7) is 4.55. The van der Waals surface area contributed by atoms with Gasteiger partial charge in [-0.15, -0.1) is 0 Å². The van der Waals surface area contributed by atoms with Crippen molar-refractivity contribution in [3.05, 3.63) is 59.4 Å². The zero-order chi connectivity index (χ0) is 18.1. The van der Waals surface area contributed by atoms with Crippen LogP contribution < -0.4 is 5.32 Å². The Morgan fingerprint density at radius 2 is 2.04 bits per heavy atom. The standard InChI is InChI=1S/C22H27N3O/c1-22(2)13-19(24-21(26)16-9-5-3-6-10-16)18-15-23-25(20(18)14-22)17-11-7-4-8-12-17/h4,7-9,11-12,15,19H,3,5-6,10,13-14H2,1-2H3,(H,24,26). The number of amides is 1. The number of para-hydroxylation sites is 1. The highest BCUT2D eigenvalue weighted by atomic mass is 16.1. The zero-order valence-corrected chi connectivity index (χ0v) is 15.7. The zero-order valence-electron chi connectivity index (χ0n) is 15.7. The molecule has 2 aromatic rings. The quantitative estimate of drug-likeness (QED) is 0.887. The Balaban J connectivity index is 1.65. The third kappa shape index (κ3) is 3.33. The summed E-state index contributed by atoms with van der Waals surface area (Å²) >= 11 is 0. The molecular weight excluding hydrogens is 322 g/mol. The van der Waals surface area contributed by atoms with E-state index in [0.717, 1.165) is 48.9 Å². The first-order chi connectivity index (χ1) is 12.5. The molecule has 4 nitrogen and oxygen atoms in total. The number of benzene rings is 1. The number of fused-ring (bicyclic) bond motifs is 1. The van der Waals surface area contributed by atoms with E-state index >= 15 is 0 Å². The summed E-state index contributed by atoms with van der Waals surface area (Å²) in [5.74, 6) is 0.103. The van der Waals surface area contributed by atoms with E-state index in [1.807, 2.05) is 29.1 Å². The van der Waals surface area contributed by atoms with E-state index in [9.17, 15) is 4.79 Å². The molecule has 2 aliphatic carbocycles. The van der Waals surface area contributed by atoms with Gasteiger partial charge in [-0.2, -0.15) is 5.10 Å². The lowest BCUT2D eigenvalue weighted by atomic mass is 9.74. The van der Waals surface area contributed by atoms with E-state index < -0.39 is 0 Å². The largest absolute Gasteiger partial charge is 0.345 e. The molecule has 1 aromatic carbocycles. The van der Waals surface area contributed by atoms with Crippen LogP contribution in [0.2, 0.25) is 0 Å². The third-order valence-corrected chi connectivity index (χ3v) is 5.57. The average Bonchev–Trinajstić information content (AvgIpc) is 3.05. The molecule has 0 saturated carbocycles. The van der Waals surface area contributed by atoms with Crippen LogP contribution in [0, 0.1) is 5.41 Å². The lowest BCUT2D eigenvalue weighted by molar-refractivity contribution is -0.118. The number of allylic oxidation sites excluding steroid dienone is 1. The van der Waals surface area contributed by atoms with E-state index in [-0.39, 0.29) is 17.4 Å². The van der Waals surface area contributed by atoms with Crippen LogP contribution in [0.5, 0.6) is 0 Å². The van der Waals surface area contributed by atoms with E-state index in [2.05, 4.69) is 42.5 Å². The second-order valence-electron chi connectivity index (χ2n) is 8.34. The van der Waals surface area contributed by atoms with Crippen LogP contribution in [-0.2, 0) is 11.2 Å². The van der Waals surface area contributed by atoms with Crippen LogP contribution in [0.15, 0.2) is 48.2 Å². The highest BCUT2D eigenvalue weighted by molar-refractivity contribution is 5.93. The van der Waals surface area contributed by atoms with Gasteiger partial charge in [0.25, 0.3) is 0 Å². The second kappa shape index (κ2) is 6.75. The molecule has 0 spiro atoms. The Hall–Kier alpha value is -2.36. The van der Waals surface area contributed by atoms with Crippen molar-refractivity contribution in [3.63, 3.8) is 0 Å². The maximum Gasteiger partial charge on any atom is 0.247 e. The van der Waals surface area contributed by atoms with E-state index in [4.69, 9.17) is 0 Å². The molecule has 0 bridgehead atoms. The lowest BCUT2D eigenvalue weighted by Crippen LogP contribution is -2.37. The number of nitrogens with zero attached hydrogens (tertiary/aromatic N) is 2. The molecule has 136 valence electrons. The summed E-state index contributed by atoms with van der Waals surface area (Å²) in [7, 11) is 0. The second-order valence-corrected chi connectivity index (χ2v) is 8.34. The number of rotatable bonds is 3. The van der Waals surface area contributed by atoms with Crippen molar-refractivity contribution in [2.24, 2.45) is 5.41 Å². The van der Waals surface area contributed by atoms with Crippen LogP contribution in [0.25, 0.3) is 5.69 Å². The van der Waals surface area contributed by atoms with Crippen LogP contribution in [0.3, 0.4) is 0 Å². The summed E-state index contributed by atoms with van der Waals surface area (Å²) in [4.78, 5) is 12.8. The number of hydrogen-bond donors (Lipinski definition) is 1. The van der Waals surface area contributed by atoms with Crippen molar-refractivity contribution in [2.75, 3.05) is 0 Å². The van der Waals surface area contributed by atoms with Gasteiger partial charge in [-0.3, -0.25) is 4.79 Å². The first-order valence-electron chi connectivity index (χ1n) is 9.66. The Morgan fingerprint density at radius 1 is 1.23 bits per heavy atom. The van der Waals surface area contributed by atoms with Gasteiger partial charge < -0.3 is 5.32 Å². The summed E-state index contributed by atoms with van der Waals surface area (Å²) in [6.07, 6.45) is 10.2. The maximum atomic E-state index is 12.8. The summed E-state index contributed by atoms with van der Waals surface area (Å²) in [6, 6.07) is 10.3. The molecule has 0 aliphatic heterocycles.